The van der Waals surface area contributed by atoms with Crippen LogP contribution in [0.5, 0.6) is 11.5 Å². The first-order valence-electron chi connectivity index (χ1n) is 9.19. The maximum absolute atomic E-state index is 13.0. The number of hydrogen-bond donors (Lipinski definition) is 2. The average Bonchev–Trinajstić information content (AvgIpc) is 2.73. The van der Waals surface area contributed by atoms with Crippen LogP contribution in [0.3, 0.4) is 0 Å². The third kappa shape index (κ3) is 5.02. The summed E-state index contributed by atoms with van der Waals surface area (Å²) in [6, 6.07) is 14.5. The summed E-state index contributed by atoms with van der Waals surface area (Å²) in [7, 11) is 1.53. The first kappa shape index (κ1) is 21.5. The zero-order valence-corrected chi connectivity index (χ0v) is 17.3. The molecule has 0 saturated heterocycles. The van der Waals surface area contributed by atoms with E-state index in [0.717, 1.165) is 11.1 Å². The number of benzene rings is 3. The molecular weight excluding hydrogens is 409 g/mol. The van der Waals surface area contributed by atoms with Crippen LogP contribution < -0.4 is 14.8 Å². The van der Waals surface area contributed by atoms with E-state index in [-0.39, 0.29) is 18.0 Å². The van der Waals surface area contributed by atoms with Gasteiger partial charge in [-0.1, -0.05) is 29.8 Å². The maximum Gasteiger partial charge on any atom is 0.336 e. The van der Waals surface area contributed by atoms with Gasteiger partial charge in [0.1, 0.15) is 12.4 Å². The van der Waals surface area contributed by atoms with Crippen LogP contribution in [-0.2, 0) is 13.2 Å². The predicted octanol–water partition coefficient (Wildman–Crippen LogP) is 5.69. The highest BCUT2D eigenvalue weighted by atomic mass is 35.5. The first-order chi connectivity index (χ1) is 14.4. The molecule has 0 bridgehead atoms. The molecule has 0 aromatic heterocycles. The topological polar surface area (TPSA) is 67.8 Å². The molecule has 0 unspecified atom stereocenters. The Hall–Kier alpha value is -3.25. The van der Waals surface area contributed by atoms with Crippen molar-refractivity contribution in [1.82, 2.24) is 0 Å². The molecule has 0 saturated carbocycles. The number of halogens is 2. The van der Waals surface area contributed by atoms with Gasteiger partial charge in [0.2, 0.25) is 0 Å². The molecular formula is C23H21ClFNO4. The molecule has 3 rings (SSSR count). The molecule has 5 nitrogen and oxygen atoms in total. The minimum Gasteiger partial charge on any atom is -0.493 e. The highest BCUT2D eigenvalue weighted by Gasteiger charge is 2.13. The lowest BCUT2D eigenvalue weighted by Gasteiger charge is -2.16. The number of carbonyl (C=O) groups is 1. The largest absolute Gasteiger partial charge is 0.493 e. The van der Waals surface area contributed by atoms with Crippen molar-refractivity contribution < 1.29 is 23.8 Å². The van der Waals surface area contributed by atoms with E-state index in [0.29, 0.717) is 34.3 Å². The third-order valence-corrected chi connectivity index (χ3v) is 5.03. The first-order valence-corrected chi connectivity index (χ1v) is 9.57. The van der Waals surface area contributed by atoms with Crippen LogP contribution >= 0.6 is 11.6 Å². The summed E-state index contributed by atoms with van der Waals surface area (Å²) >= 11 is 6.43. The van der Waals surface area contributed by atoms with Crippen molar-refractivity contribution in [2.45, 2.75) is 20.1 Å². The lowest BCUT2D eigenvalue weighted by molar-refractivity contribution is 0.0696. The summed E-state index contributed by atoms with van der Waals surface area (Å²) in [6.45, 7) is 2.36. The number of rotatable bonds is 8. The molecule has 0 amide bonds. The number of ether oxygens (including phenoxy) is 2. The van der Waals surface area contributed by atoms with E-state index in [1.807, 2.05) is 6.07 Å². The van der Waals surface area contributed by atoms with Gasteiger partial charge in [-0.3, -0.25) is 0 Å². The quantitative estimate of drug-likeness (QED) is 0.481. The van der Waals surface area contributed by atoms with Crippen molar-refractivity contribution in [2.24, 2.45) is 0 Å². The van der Waals surface area contributed by atoms with E-state index < -0.39 is 5.97 Å². The zero-order chi connectivity index (χ0) is 21.7. The van der Waals surface area contributed by atoms with Crippen LogP contribution in [0.1, 0.15) is 27.0 Å². The van der Waals surface area contributed by atoms with E-state index in [1.165, 1.54) is 19.2 Å². The van der Waals surface area contributed by atoms with E-state index in [9.17, 15) is 14.3 Å². The lowest BCUT2D eigenvalue weighted by atomic mass is 10.1. The van der Waals surface area contributed by atoms with Crippen molar-refractivity contribution in [3.8, 4) is 11.5 Å². The van der Waals surface area contributed by atoms with Crippen LogP contribution in [0.4, 0.5) is 10.1 Å². The molecule has 0 atom stereocenters. The number of carboxylic acids is 1. The van der Waals surface area contributed by atoms with Gasteiger partial charge < -0.3 is 19.9 Å². The molecule has 0 aliphatic rings. The molecule has 0 heterocycles. The molecule has 0 aliphatic heterocycles. The Morgan fingerprint density at radius 2 is 1.87 bits per heavy atom. The normalized spacial score (nSPS) is 10.5. The highest BCUT2D eigenvalue weighted by Crippen LogP contribution is 2.34. The fourth-order valence-corrected chi connectivity index (χ4v) is 3.20. The van der Waals surface area contributed by atoms with Gasteiger partial charge >= 0.3 is 5.97 Å². The van der Waals surface area contributed by atoms with Gasteiger partial charge in [-0.15, -0.1) is 0 Å². The van der Waals surface area contributed by atoms with Gasteiger partial charge in [-0.05, 0) is 53.9 Å². The van der Waals surface area contributed by atoms with Gasteiger partial charge in [0, 0.05) is 23.3 Å². The molecule has 3 aromatic carbocycles. The second kappa shape index (κ2) is 9.50. The summed E-state index contributed by atoms with van der Waals surface area (Å²) in [5.74, 6) is -0.298. The monoisotopic (exact) mass is 429 g/mol. The van der Waals surface area contributed by atoms with Crippen molar-refractivity contribution >= 4 is 23.3 Å². The Kier molecular flexibility index (Phi) is 6.79. The Bertz CT molecular complexity index is 1050. The zero-order valence-electron chi connectivity index (χ0n) is 16.5. The van der Waals surface area contributed by atoms with Crippen LogP contribution in [0.25, 0.3) is 0 Å². The van der Waals surface area contributed by atoms with Gasteiger partial charge in [-0.25, -0.2) is 9.18 Å². The number of methoxy groups -OCH3 is 1. The van der Waals surface area contributed by atoms with Gasteiger partial charge in [0.25, 0.3) is 0 Å². The second-order valence-corrected chi connectivity index (χ2v) is 7.05. The Morgan fingerprint density at radius 1 is 1.13 bits per heavy atom. The summed E-state index contributed by atoms with van der Waals surface area (Å²) < 4.78 is 24.3. The molecule has 156 valence electrons. The van der Waals surface area contributed by atoms with Gasteiger partial charge in [-0.2, -0.15) is 0 Å². The van der Waals surface area contributed by atoms with Gasteiger partial charge in [0.15, 0.2) is 11.5 Å². The standard InChI is InChI=1S/C23H21ClFNO4/c1-14-18(23(27)28)4-3-5-20(14)26-12-16-10-21(29-2)22(11-19(16)24)30-13-15-6-8-17(25)9-7-15/h3-11,26H,12-13H2,1-2H3,(H,27,28). The molecule has 0 radical (unpaired) electrons. The average molecular weight is 430 g/mol. The fraction of sp³-hybridized carbons (Fsp3) is 0.174. The number of hydrogen-bond acceptors (Lipinski definition) is 4. The summed E-state index contributed by atoms with van der Waals surface area (Å²) in [4.78, 5) is 11.3. The number of carboxylic acid groups (broad SMARTS) is 1. The number of aromatic carboxylic acids is 1. The number of anilines is 1. The van der Waals surface area contributed by atoms with Crippen LogP contribution in [0.2, 0.25) is 5.02 Å². The summed E-state index contributed by atoms with van der Waals surface area (Å²) in [5.41, 5.74) is 3.18. The predicted molar refractivity (Wildman–Crippen MR) is 114 cm³/mol. The highest BCUT2D eigenvalue weighted by molar-refractivity contribution is 6.31. The van der Waals surface area contributed by atoms with Crippen LogP contribution in [0, 0.1) is 12.7 Å². The maximum atomic E-state index is 13.0. The lowest BCUT2D eigenvalue weighted by Crippen LogP contribution is -2.06. The molecule has 0 fully saturated rings. The Labute approximate surface area is 179 Å². The fourth-order valence-electron chi connectivity index (χ4n) is 2.98. The minimum absolute atomic E-state index is 0.242. The van der Waals surface area contributed by atoms with Crippen molar-refractivity contribution in [3.05, 3.63) is 87.7 Å². The van der Waals surface area contributed by atoms with E-state index in [2.05, 4.69) is 5.32 Å². The minimum atomic E-state index is -0.974. The van der Waals surface area contributed by atoms with Crippen molar-refractivity contribution in [2.75, 3.05) is 12.4 Å². The molecule has 0 aliphatic carbocycles. The van der Waals surface area contributed by atoms with E-state index in [4.69, 9.17) is 21.1 Å². The van der Waals surface area contributed by atoms with Crippen LogP contribution in [-0.4, -0.2) is 18.2 Å². The molecule has 0 spiro atoms. The summed E-state index contributed by atoms with van der Waals surface area (Å²) in [6.07, 6.45) is 0. The third-order valence-electron chi connectivity index (χ3n) is 4.67. The van der Waals surface area contributed by atoms with E-state index in [1.54, 1.807) is 43.3 Å². The molecule has 3 aromatic rings. The Balaban J connectivity index is 1.74. The smallest absolute Gasteiger partial charge is 0.336 e. The number of nitrogens with one attached hydrogen (secondary N) is 1. The summed E-state index contributed by atoms with van der Waals surface area (Å²) in [5, 5.41) is 13.0. The van der Waals surface area contributed by atoms with Crippen molar-refractivity contribution in [1.29, 1.82) is 0 Å². The molecule has 2 N–H and O–H groups in total. The SMILES string of the molecule is COc1cc(CNc2cccc(C(=O)O)c2C)c(Cl)cc1OCc1ccc(F)cc1. The van der Waals surface area contributed by atoms with E-state index >= 15 is 0 Å². The Morgan fingerprint density at radius 3 is 2.53 bits per heavy atom. The van der Waals surface area contributed by atoms with Crippen LogP contribution in [0.15, 0.2) is 54.6 Å². The molecule has 7 heteroatoms. The second-order valence-electron chi connectivity index (χ2n) is 6.65. The van der Waals surface area contributed by atoms with Crippen molar-refractivity contribution in [3.63, 3.8) is 0 Å². The molecule has 30 heavy (non-hydrogen) atoms. The van der Waals surface area contributed by atoms with Gasteiger partial charge in [0.05, 0.1) is 12.7 Å².